The molecule has 7 heteroatoms. The summed E-state index contributed by atoms with van der Waals surface area (Å²) < 4.78 is 23.6. The van der Waals surface area contributed by atoms with Crippen LogP contribution in [0.3, 0.4) is 0 Å². The van der Waals surface area contributed by atoms with Gasteiger partial charge in [-0.15, -0.1) is 0 Å². The first-order valence-electron chi connectivity index (χ1n) is 9.17. The molecule has 0 aliphatic carbocycles. The molecule has 0 amide bonds. The molecule has 29 heavy (non-hydrogen) atoms. The molecule has 4 aromatic rings. The fraction of sp³-hybridized carbons (Fsp3) is 0.273. The number of fused-ring (bicyclic) bond motifs is 2. The van der Waals surface area contributed by atoms with E-state index in [1.807, 2.05) is 51.1 Å². The van der Waals surface area contributed by atoms with Crippen molar-refractivity contribution in [1.82, 2.24) is 9.55 Å². The van der Waals surface area contributed by atoms with E-state index >= 15 is 0 Å². The molecule has 0 bridgehead atoms. The number of carbonyl (C=O) groups is 1. The fourth-order valence-corrected chi connectivity index (χ4v) is 3.12. The topological polar surface area (TPSA) is 75.7 Å². The Labute approximate surface area is 167 Å². The second kappa shape index (κ2) is 6.84. The fourth-order valence-electron chi connectivity index (χ4n) is 3.12. The van der Waals surface area contributed by atoms with Gasteiger partial charge in [-0.2, -0.15) is 0 Å². The van der Waals surface area contributed by atoms with E-state index < -0.39 is 11.7 Å². The minimum Gasteiger partial charge on any atom is -0.497 e. The molecule has 0 saturated heterocycles. The van der Waals surface area contributed by atoms with Crippen molar-refractivity contribution < 1.29 is 23.4 Å². The van der Waals surface area contributed by atoms with Crippen molar-refractivity contribution in [2.75, 3.05) is 14.2 Å². The van der Waals surface area contributed by atoms with E-state index in [1.165, 1.54) is 4.57 Å². The van der Waals surface area contributed by atoms with Gasteiger partial charge in [0.1, 0.15) is 28.3 Å². The van der Waals surface area contributed by atoms with E-state index in [4.69, 9.17) is 18.6 Å². The molecule has 0 atom stereocenters. The molecule has 0 saturated carbocycles. The highest BCUT2D eigenvalue weighted by molar-refractivity contribution is 5.96. The van der Waals surface area contributed by atoms with Crippen LogP contribution < -0.4 is 9.47 Å². The summed E-state index contributed by atoms with van der Waals surface area (Å²) in [7, 11) is 3.19. The van der Waals surface area contributed by atoms with E-state index in [2.05, 4.69) is 4.98 Å². The summed E-state index contributed by atoms with van der Waals surface area (Å²) in [6.45, 7) is 5.47. The largest absolute Gasteiger partial charge is 0.497 e. The maximum atomic E-state index is 13.0. The van der Waals surface area contributed by atoms with E-state index in [-0.39, 0.29) is 0 Å². The third kappa shape index (κ3) is 3.51. The lowest BCUT2D eigenvalue weighted by Crippen LogP contribution is -2.27. The van der Waals surface area contributed by atoms with E-state index in [1.54, 1.807) is 26.4 Å². The first-order valence-corrected chi connectivity index (χ1v) is 9.17. The molecular weight excluding hydrogens is 372 g/mol. The maximum absolute atomic E-state index is 13.0. The summed E-state index contributed by atoms with van der Waals surface area (Å²) in [6.07, 6.45) is -0.507. The van der Waals surface area contributed by atoms with Gasteiger partial charge in [0.15, 0.2) is 5.58 Å². The second-order valence-corrected chi connectivity index (χ2v) is 7.62. The van der Waals surface area contributed by atoms with Crippen LogP contribution in [-0.4, -0.2) is 35.5 Å². The number of carbonyl (C=O) groups excluding carboxylic acids is 1. The van der Waals surface area contributed by atoms with Crippen LogP contribution in [0.1, 0.15) is 20.8 Å². The van der Waals surface area contributed by atoms with Crippen LogP contribution in [-0.2, 0) is 4.74 Å². The molecule has 0 radical (unpaired) electrons. The Hall–Kier alpha value is -3.48. The van der Waals surface area contributed by atoms with Crippen molar-refractivity contribution in [3.05, 3.63) is 42.5 Å². The second-order valence-electron chi connectivity index (χ2n) is 7.62. The van der Waals surface area contributed by atoms with E-state index in [0.717, 1.165) is 5.39 Å². The number of benzene rings is 2. The molecule has 4 rings (SSSR count). The number of rotatable bonds is 3. The predicted molar refractivity (Wildman–Crippen MR) is 110 cm³/mol. The zero-order valence-electron chi connectivity index (χ0n) is 17.0. The number of ether oxygens (including phenoxy) is 3. The molecule has 0 N–H and O–H groups in total. The molecule has 0 spiro atoms. The smallest absolute Gasteiger partial charge is 0.419 e. The minimum atomic E-state index is -0.647. The molecule has 2 aromatic heterocycles. The Morgan fingerprint density at radius 2 is 1.69 bits per heavy atom. The van der Waals surface area contributed by atoms with Gasteiger partial charge >= 0.3 is 6.09 Å². The molecule has 7 nitrogen and oxygen atoms in total. The summed E-state index contributed by atoms with van der Waals surface area (Å²) in [5.41, 5.74) is 1.76. The standard InChI is InChI=1S/C22H22N2O5/c1-22(2,3)29-21(25)24-17-9-7-14(26-4)10-13(17)11-18(24)20-23-16-8-6-15(27-5)12-19(16)28-20/h6-12H,1-5H3. The van der Waals surface area contributed by atoms with Crippen LogP contribution in [0, 0.1) is 0 Å². The molecule has 0 fully saturated rings. The monoisotopic (exact) mass is 394 g/mol. The SMILES string of the molecule is COc1ccc2c(c1)cc(-c1nc3ccc(OC)cc3o1)n2C(=O)OC(C)(C)C. The van der Waals surface area contributed by atoms with Crippen molar-refractivity contribution >= 4 is 28.1 Å². The van der Waals surface area contributed by atoms with Gasteiger partial charge in [-0.25, -0.2) is 14.3 Å². The number of hydrogen-bond donors (Lipinski definition) is 0. The van der Waals surface area contributed by atoms with Crippen molar-refractivity contribution in [3.63, 3.8) is 0 Å². The summed E-state index contributed by atoms with van der Waals surface area (Å²) in [4.78, 5) is 17.6. The lowest BCUT2D eigenvalue weighted by atomic mass is 10.2. The van der Waals surface area contributed by atoms with Crippen LogP contribution in [0.25, 0.3) is 33.6 Å². The Bertz CT molecular complexity index is 1210. The summed E-state index contributed by atoms with van der Waals surface area (Å²) in [5.74, 6) is 1.67. The maximum Gasteiger partial charge on any atom is 0.419 e. The predicted octanol–water partition coefficient (Wildman–Crippen LogP) is 5.25. The van der Waals surface area contributed by atoms with Gasteiger partial charge in [0, 0.05) is 11.5 Å². The molecule has 2 aromatic carbocycles. The molecule has 0 aliphatic heterocycles. The normalized spacial score (nSPS) is 11.8. The molecule has 0 unspecified atom stereocenters. The van der Waals surface area contributed by atoms with Gasteiger partial charge in [0.05, 0.1) is 19.7 Å². The summed E-state index contributed by atoms with van der Waals surface area (Å²) >= 11 is 0. The highest BCUT2D eigenvalue weighted by Crippen LogP contribution is 2.33. The van der Waals surface area contributed by atoms with Crippen LogP contribution in [0.5, 0.6) is 11.5 Å². The van der Waals surface area contributed by atoms with Gasteiger partial charge in [-0.1, -0.05) is 0 Å². The van der Waals surface area contributed by atoms with Crippen LogP contribution in [0.15, 0.2) is 46.9 Å². The highest BCUT2D eigenvalue weighted by Gasteiger charge is 2.25. The van der Waals surface area contributed by atoms with Crippen molar-refractivity contribution in [2.45, 2.75) is 26.4 Å². The number of nitrogens with zero attached hydrogens (tertiary/aromatic N) is 2. The summed E-state index contributed by atoms with van der Waals surface area (Å²) in [6, 6.07) is 12.7. The average Bonchev–Trinajstić information content (AvgIpc) is 3.26. The van der Waals surface area contributed by atoms with Crippen molar-refractivity contribution in [1.29, 1.82) is 0 Å². The number of aromatic nitrogens is 2. The van der Waals surface area contributed by atoms with Gasteiger partial charge in [-0.3, -0.25) is 0 Å². The highest BCUT2D eigenvalue weighted by atomic mass is 16.6. The van der Waals surface area contributed by atoms with Crippen molar-refractivity contribution in [2.24, 2.45) is 0 Å². The number of methoxy groups -OCH3 is 2. The number of oxazole rings is 1. The Morgan fingerprint density at radius 1 is 1.00 bits per heavy atom. The first kappa shape index (κ1) is 18.9. The minimum absolute atomic E-state index is 0.314. The van der Waals surface area contributed by atoms with Crippen LogP contribution in [0.2, 0.25) is 0 Å². The lowest BCUT2D eigenvalue weighted by Gasteiger charge is -2.20. The van der Waals surface area contributed by atoms with E-state index in [9.17, 15) is 4.79 Å². The molecule has 150 valence electrons. The van der Waals surface area contributed by atoms with E-state index in [0.29, 0.717) is 39.7 Å². The van der Waals surface area contributed by atoms with Gasteiger partial charge < -0.3 is 18.6 Å². The van der Waals surface area contributed by atoms with Gasteiger partial charge in [0.2, 0.25) is 5.89 Å². The quantitative estimate of drug-likeness (QED) is 0.472. The molecule has 2 heterocycles. The zero-order valence-corrected chi connectivity index (χ0v) is 17.0. The zero-order chi connectivity index (χ0) is 20.8. The van der Waals surface area contributed by atoms with Gasteiger partial charge in [0.25, 0.3) is 0 Å². The van der Waals surface area contributed by atoms with Crippen molar-refractivity contribution in [3.8, 4) is 23.1 Å². The number of hydrogen-bond acceptors (Lipinski definition) is 6. The summed E-state index contributed by atoms with van der Waals surface area (Å²) in [5, 5.41) is 0.810. The Balaban J connectivity index is 1.92. The first-order chi connectivity index (χ1) is 13.8. The molecular formula is C22H22N2O5. The van der Waals surface area contributed by atoms with Crippen LogP contribution in [0.4, 0.5) is 4.79 Å². The third-order valence-corrected chi connectivity index (χ3v) is 4.40. The Morgan fingerprint density at radius 3 is 2.38 bits per heavy atom. The van der Waals surface area contributed by atoms with Crippen LogP contribution >= 0.6 is 0 Å². The molecule has 0 aliphatic rings. The Kier molecular flexibility index (Phi) is 4.45. The lowest BCUT2D eigenvalue weighted by molar-refractivity contribution is 0.0546. The average molecular weight is 394 g/mol. The van der Waals surface area contributed by atoms with Gasteiger partial charge in [-0.05, 0) is 57.2 Å². The third-order valence-electron chi connectivity index (χ3n) is 4.40.